The highest BCUT2D eigenvalue weighted by Crippen LogP contribution is 2.29. The Morgan fingerprint density at radius 3 is 2.21 bits per heavy atom. The molecule has 0 bridgehead atoms. The van der Waals surface area contributed by atoms with Crippen molar-refractivity contribution in [2.45, 2.75) is 57.4 Å². The number of nitrogens with one attached hydrogen (secondary N) is 1. The fourth-order valence-corrected chi connectivity index (χ4v) is 6.25. The SMILES string of the molecule is Cc1ccc(S(=O)(=O)N2CCC(C(=O)N3CCC[C@H]3C(=O)Nc3ccc(C)c(C)c3)CC2)cc1. The van der Waals surface area contributed by atoms with Crippen molar-refractivity contribution in [2.75, 3.05) is 25.0 Å². The smallest absolute Gasteiger partial charge is 0.247 e. The van der Waals surface area contributed by atoms with Crippen LogP contribution < -0.4 is 5.32 Å². The number of carbonyl (C=O) groups is 2. The summed E-state index contributed by atoms with van der Waals surface area (Å²) in [6.45, 7) is 7.12. The number of hydrogen-bond donors (Lipinski definition) is 1. The van der Waals surface area contributed by atoms with E-state index in [2.05, 4.69) is 5.32 Å². The molecule has 0 aliphatic carbocycles. The molecule has 4 rings (SSSR count). The van der Waals surface area contributed by atoms with E-state index >= 15 is 0 Å². The summed E-state index contributed by atoms with van der Waals surface area (Å²) < 4.78 is 27.4. The van der Waals surface area contributed by atoms with Gasteiger partial charge in [0, 0.05) is 31.2 Å². The first-order valence-electron chi connectivity index (χ1n) is 11.9. The van der Waals surface area contributed by atoms with Crippen molar-refractivity contribution >= 4 is 27.5 Å². The van der Waals surface area contributed by atoms with Gasteiger partial charge in [-0.15, -0.1) is 0 Å². The number of nitrogens with zero attached hydrogens (tertiary/aromatic N) is 2. The minimum absolute atomic E-state index is 0.0369. The molecule has 0 unspecified atom stereocenters. The molecule has 2 amide bonds. The monoisotopic (exact) mass is 483 g/mol. The zero-order valence-corrected chi connectivity index (χ0v) is 20.9. The van der Waals surface area contributed by atoms with Gasteiger partial charge in [-0.3, -0.25) is 9.59 Å². The Balaban J connectivity index is 1.37. The highest BCUT2D eigenvalue weighted by molar-refractivity contribution is 7.89. The van der Waals surface area contributed by atoms with Gasteiger partial charge < -0.3 is 10.2 Å². The van der Waals surface area contributed by atoms with E-state index in [0.717, 1.165) is 28.8 Å². The molecule has 2 heterocycles. The van der Waals surface area contributed by atoms with E-state index in [-0.39, 0.29) is 22.6 Å². The maximum absolute atomic E-state index is 13.3. The van der Waals surface area contributed by atoms with Crippen molar-refractivity contribution in [1.82, 2.24) is 9.21 Å². The molecule has 2 saturated heterocycles. The highest BCUT2D eigenvalue weighted by Gasteiger charge is 2.39. The van der Waals surface area contributed by atoms with Gasteiger partial charge in [-0.25, -0.2) is 8.42 Å². The molecule has 2 fully saturated rings. The second-order valence-electron chi connectivity index (χ2n) is 9.47. The fourth-order valence-electron chi connectivity index (χ4n) is 4.78. The molecule has 0 spiro atoms. The normalized spacial score (nSPS) is 19.9. The van der Waals surface area contributed by atoms with Crippen molar-refractivity contribution in [3.8, 4) is 0 Å². The Bertz CT molecular complexity index is 1170. The third-order valence-corrected chi connectivity index (χ3v) is 8.99. The number of anilines is 1. The minimum atomic E-state index is -3.57. The maximum Gasteiger partial charge on any atom is 0.247 e. The Morgan fingerprint density at radius 2 is 1.56 bits per heavy atom. The predicted octanol–water partition coefficient (Wildman–Crippen LogP) is 3.64. The second-order valence-corrected chi connectivity index (χ2v) is 11.4. The molecule has 0 aromatic heterocycles. The van der Waals surface area contributed by atoms with E-state index in [1.54, 1.807) is 29.2 Å². The highest BCUT2D eigenvalue weighted by atomic mass is 32.2. The van der Waals surface area contributed by atoms with Crippen molar-refractivity contribution in [3.63, 3.8) is 0 Å². The molecular formula is C26H33N3O4S. The van der Waals surface area contributed by atoms with Crippen molar-refractivity contribution in [1.29, 1.82) is 0 Å². The number of rotatable bonds is 5. The number of amides is 2. The summed E-state index contributed by atoms with van der Waals surface area (Å²) >= 11 is 0. The summed E-state index contributed by atoms with van der Waals surface area (Å²) in [5.41, 5.74) is 4.00. The van der Waals surface area contributed by atoms with Gasteiger partial charge in [0.2, 0.25) is 21.8 Å². The van der Waals surface area contributed by atoms with Crippen LogP contribution in [0.5, 0.6) is 0 Å². The average molecular weight is 484 g/mol. The molecule has 7 nitrogen and oxygen atoms in total. The van der Waals surface area contributed by atoms with E-state index in [4.69, 9.17) is 0 Å². The van der Waals surface area contributed by atoms with Crippen molar-refractivity contribution in [3.05, 3.63) is 59.2 Å². The maximum atomic E-state index is 13.3. The Kier molecular flexibility index (Phi) is 7.09. The van der Waals surface area contributed by atoms with Crippen LogP contribution in [0.4, 0.5) is 5.69 Å². The van der Waals surface area contributed by atoms with Gasteiger partial charge in [0.05, 0.1) is 4.90 Å². The van der Waals surface area contributed by atoms with Crippen LogP contribution in [0.15, 0.2) is 47.4 Å². The number of sulfonamides is 1. The number of piperidine rings is 1. The fraction of sp³-hybridized carbons (Fsp3) is 0.462. The van der Waals surface area contributed by atoms with Gasteiger partial charge in [-0.2, -0.15) is 4.31 Å². The van der Waals surface area contributed by atoms with Gasteiger partial charge in [0.1, 0.15) is 6.04 Å². The molecule has 1 N–H and O–H groups in total. The molecular weight excluding hydrogens is 450 g/mol. The average Bonchev–Trinajstić information content (AvgIpc) is 3.31. The lowest BCUT2D eigenvalue weighted by Crippen LogP contribution is -2.48. The molecule has 2 aromatic carbocycles. The lowest BCUT2D eigenvalue weighted by atomic mass is 9.96. The molecule has 2 aliphatic heterocycles. The molecule has 0 radical (unpaired) electrons. The zero-order valence-electron chi connectivity index (χ0n) is 20.1. The predicted molar refractivity (Wildman–Crippen MR) is 132 cm³/mol. The lowest BCUT2D eigenvalue weighted by molar-refractivity contribution is -0.141. The quantitative estimate of drug-likeness (QED) is 0.703. The molecule has 2 aromatic rings. The first-order chi connectivity index (χ1) is 16.2. The molecule has 34 heavy (non-hydrogen) atoms. The van der Waals surface area contributed by atoms with Crippen molar-refractivity contribution < 1.29 is 18.0 Å². The summed E-state index contributed by atoms with van der Waals surface area (Å²) in [4.78, 5) is 28.3. The minimum Gasteiger partial charge on any atom is -0.330 e. The number of likely N-dealkylation sites (tertiary alicyclic amines) is 1. The Hall–Kier alpha value is -2.71. The summed E-state index contributed by atoms with van der Waals surface area (Å²) in [6, 6.07) is 12.2. The summed E-state index contributed by atoms with van der Waals surface area (Å²) in [5.74, 6) is -0.460. The van der Waals surface area contributed by atoms with Crippen LogP contribution >= 0.6 is 0 Å². The molecule has 2 aliphatic rings. The van der Waals surface area contributed by atoms with Gasteiger partial charge in [0.25, 0.3) is 0 Å². The number of hydrogen-bond acceptors (Lipinski definition) is 4. The summed E-state index contributed by atoms with van der Waals surface area (Å²) in [5, 5.41) is 2.97. The van der Waals surface area contributed by atoms with Crippen LogP contribution in [-0.2, 0) is 19.6 Å². The first-order valence-corrected chi connectivity index (χ1v) is 13.4. The van der Waals surface area contributed by atoms with E-state index in [1.165, 1.54) is 4.31 Å². The Labute approximate surface area is 202 Å². The van der Waals surface area contributed by atoms with Crippen molar-refractivity contribution in [2.24, 2.45) is 5.92 Å². The van der Waals surface area contributed by atoms with Crippen LogP contribution in [0.25, 0.3) is 0 Å². The van der Waals surface area contributed by atoms with Gasteiger partial charge in [-0.1, -0.05) is 23.8 Å². The van der Waals surface area contributed by atoms with Crippen LogP contribution in [-0.4, -0.2) is 55.1 Å². The first kappa shape index (κ1) is 24.4. The van der Waals surface area contributed by atoms with Crippen LogP contribution in [0.1, 0.15) is 42.4 Å². The van der Waals surface area contributed by atoms with Gasteiger partial charge in [-0.05, 0) is 81.8 Å². The second kappa shape index (κ2) is 9.88. The van der Waals surface area contributed by atoms with E-state index in [0.29, 0.717) is 38.9 Å². The standard InChI is InChI=1S/C26H33N3O4S/c1-18-6-10-23(11-7-18)34(32,33)28-15-12-21(13-16-28)26(31)29-14-4-5-24(29)25(30)27-22-9-8-19(2)20(3)17-22/h6-11,17,21,24H,4-5,12-16H2,1-3H3,(H,27,30)/t24-/m0/s1. The third-order valence-electron chi connectivity index (χ3n) is 7.07. The van der Waals surface area contributed by atoms with E-state index < -0.39 is 16.1 Å². The molecule has 8 heteroatoms. The third kappa shape index (κ3) is 5.03. The summed E-state index contributed by atoms with van der Waals surface area (Å²) in [6.07, 6.45) is 2.36. The van der Waals surface area contributed by atoms with Gasteiger partial charge in [0.15, 0.2) is 0 Å². The topological polar surface area (TPSA) is 86.8 Å². The number of benzene rings is 2. The number of carbonyl (C=O) groups excluding carboxylic acids is 2. The summed E-state index contributed by atoms with van der Waals surface area (Å²) in [7, 11) is -3.57. The van der Waals surface area contributed by atoms with E-state index in [9.17, 15) is 18.0 Å². The molecule has 0 saturated carbocycles. The zero-order chi connectivity index (χ0) is 24.5. The van der Waals surface area contributed by atoms with E-state index in [1.807, 2.05) is 39.0 Å². The lowest BCUT2D eigenvalue weighted by Gasteiger charge is -2.34. The largest absolute Gasteiger partial charge is 0.330 e. The molecule has 182 valence electrons. The van der Waals surface area contributed by atoms with Crippen LogP contribution in [0.2, 0.25) is 0 Å². The number of aryl methyl sites for hydroxylation is 3. The van der Waals surface area contributed by atoms with Crippen LogP contribution in [0, 0.1) is 26.7 Å². The Morgan fingerprint density at radius 1 is 0.882 bits per heavy atom. The van der Waals surface area contributed by atoms with Crippen LogP contribution in [0.3, 0.4) is 0 Å². The van der Waals surface area contributed by atoms with Gasteiger partial charge >= 0.3 is 0 Å². The molecule has 1 atom stereocenters.